The number of aliphatic imine (C=N–C) groups is 1. The Morgan fingerprint density at radius 3 is 3.13 bits per heavy atom. The first-order chi connectivity index (χ1) is 7.31. The van der Waals surface area contributed by atoms with Gasteiger partial charge in [-0.1, -0.05) is 6.92 Å². The molecule has 2 fully saturated rings. The van der Waals surface area contributed by atoms with E-state index in [0.717, 1.165) is 13.0 Å². The van der Waals surface area contributed by atoms with Gasteiger partial charge in [0.05, 0.1) is 0 Å². The van der Waals surface area contributed by atoms with Crippen LogP contribution in [0.3, 0.4) is 0 Å². The summed E-state index contributed by atoms with van der Waals surface area (Å²) >= 11 is 0. The van der Waals surface area contributed by atoms with Crippen molar-refractivity contribution in [2.24, 2.45) is 10.7 Å². The average molecular weight is 210 g/mol. The molecule has 0 spiro atoms. The van der Waals surface area contributed by atoms with Gasteiger partial charge in [0.1, 0.15) is 0 Å². The maximum absolute atomic E-state index is 5.84. The summed E-state index contributed by atoms with van der Waals surface area (Å²) in [7, 11) is 0. The van der Waals surface area contributed by atoms with Gasteiger partial charge in [0.15, 0.2) is 5.96 Å². The van der Waals surface area contributed by atoms with Crippen molar-refractivity contribution in [1.82, 2.24) is 10.2 Å². The van der Waals surface area contributed by atoms with Crippen molar-refractivity contribution < 1.29 is 0 Å². The third-order valence-electron chi connectivity index (χ3n) is 3.45. The van der Waals surface area contributed by atoms with Crippen LogP contribution in [-0.2, 0) is 0 Å². The van der Waals surface area contributed by atoms with Crippen LogP contribution in [0.15, 0.2) is 4.99 Å². The molecule has 4 heteroatoms. The van der Waals surface area contributed by atoms with Crippen LogP contribution in [-0.4, -0.2) is 42.6 Å². The average Bonchev–Trinajstić information content (AvgIpc) is 2.80. The number of hydrogen-bond acceptors (Lipinski definition) is 2. The van der Waals surface area contributed by atoms with E-state index in [-0.39, 0.29) is 0 Å². The van der Waals surface area contributed by atoms with E-state index in [1.807, 2.05) is 0 Å². The Morgan fingerprint density at radius 1 is 1.47 bits per heavy atom. The molecule has 2 saturated heterocycles. The number of nitrogens with two attached hydrogens (primary N) is 1. The predicted octanol–water partition coefficient (Wildman–Crippen LogP) is 0.537. The summed E-state index contributed by atoms with van der Waals surface area (Å²) in [6.07, 6.45) is 4.93. The Kier molecular flexibility index (Phi) is 3.46. The number of nitrogens with one attached hydrogen (secondary N) is 1. The molecule has 86 valence electrons. The van der Waals surface area contributed by atoms with E-state index in [1.54, 1.807) is 0 Å². The van der Waals surface area contributed by atoms with Gasteiger partial charge in [-0.2, -0.15) is 0 Å². The van der Waals surface area contributed by atoms with Gasteiger partial charge in [0.2, 0.25) is 0 Å². The molecule has 2 heterocycles. The lowest BCUT2D eigenvalue weighted by Crippen LogP contribution is -2.45. The highest BCUT2D eigenvalue weighted by molar-refractivity contribution is 5.78. The van der Waals surface area contributed by atoms with Gasteiger partial charge < -0.3 is 11.1 Å². The summed E-state index contributed by atoms with van der Waals surface area (Å²) in [5.41, 5.74) is 5.84. The zero-order chi connectivity index (χ0) is 10.7. The Balaban J connectivity index is 1.84. The second kappa shape index (κ2) is 4.84. The molecule has 2 aliphatic rings. The third-order valence-corrected chi connectivity index (χ3v) is 3.45. The minimum absolute atomic E-state index is 0.535. The van der Waals surface area contributed by atoms with Gasteiger partial charge in [0.25, 0.3) is 0 Å². The maximum Gasteiger partial charge on any atom is 0.188 e. The molecule has 0 aromatic rings. The van der Waals surface area contributed by atoms with Gasteiger partial charge in [-0.3, -0.25) is 9.89 Å². The molecule has 0 aliphatic carbocycles. The second-order valence-corrected chi connectivity index (χ2v) is 4.55. The van der Waals surface area contributed by atoms with Crippen molar-refractivity contribution in [3.63, 3.8) is 0 Å². The van der Waals surface area contributed by atoms with Crippen LogP contribution in [0.25, 0.3) is 0 Å². The molecule has 2 rings (SSSR count). The zero-order valence-corrected chi connectivity index (χ0v) is 9.58. The summed E-state index contributed by atoms with van der Waals surface area (Å²) in [6.45, 7) is 5.45. The molecule has 2 aliphatic heterocycles. The predicted molar refractivity (Wildman–Crippen MR) is 62.9 cm³/mol. The molecule has 2 unspecified atom stereocenters. The van der Waals surface area contributed by atoms with Gasteiger partial charge >= 0.3 is 0 Å². The topological polar surface area (TPSA) is 53.6 Å². The van der Waals surface area contributed by atoms with Crippen molar-refractivity contribution in [1.29, 1.82) is 0 Å². The highest BCUT2D eigenvalue weighted by atomic mass is 15.3. The Hall–Kier alpha value is -0.770. The highest BCUT2D eigenvalue weighted by Gasteiger charge is 2.37. The van der Waals surface area contributed by atoms with E-state index in [4.69, 9.17) is 5.73 Å². The van der Waals surface area contributed by atoms with Crippen molar-refractivity contribution in [3.05, 3.63) is 0 Å². The number of fused-ring (bicyclic) bond motifs is 1. The molecule has 2 atom stereocenters. The van der Waals surface area contributed by atoms with Gasteiger partial charge in [-0.15, -0.1) is 0 Å². The third kappa shape index (κ3) is 2.43. The summed E-state index contributed by atoms with van der Waals surface area (Å²) in [6, 6.07) is 1.24. The first kappa shape index (κ1) is 10.7. The quantitative estimate of drug-likeness (QED) is 0.528. The molecule has 3 N–H and O–H groups in total. The van der Waals surface area contributed by atoms with Crippen LogP contribution in [0.4, 0.5) is 0 Å². The summed E-state index contributed by atoms with van der Waals surface area (Å²) in [5.74, 6) is 0.635. The fourth-order valence-corrected chi connectivity index (χ4v) is 2.72. The molecular weight excluding hydrogens is 188 g/mol. The maximum atomic E-state index is 5.84. The largest absolute Gasteiger partial charge is 0.370 e. The van der Waals surface area contributed by atoms with E-state index in [2.05, 4.69) is 22.1 Å². The normalized spacial score (nSPS) is 31.9. The molecule has 15 heavy (non-hydrogen) atoms. The SMILES string of the molecule is CCCN=C(N)NC1CCN2CCCC12. The van der Waals surface area contributed by atoms with Crippen LogP contribution in [0.2, 0.25) is 0 Å². The van der Waals surface area contributed by atoms with Crippen molar-refractivity contribution in [3.8, 4) is 0 Å². The number of hydrogen-bond donors (Lipinski definition) is 2. The van der Waals surface area contributed by atoms with E-state index < -0.39 is 0 Å². The minimum Gasteiger partial charge on any atom is -0.370 e. The van der Waals surface area contributed by atoms with Crippen molar-refractivity contribution in [2.45, 2.75) is 44.7 Å². The Bertz CT molecular complexity index is 239. The number of nitrogens with zero attached hydrogens (tertiary/aromatic N) is 2. The van der Waals surface area contributed by atoms with E-state index >= 15 is 0 Å². The molecular formula is C11H22N4. The molecule has 0 aromatic carbocycles. The van der Waals surface area contributed by atoms with Crippen molar-refractivity contribution >= 4 is 5.96 Å². The summed E-state index contributed by atoms with van der Waals surface area (Å²) in [5, 5.41) is 3.37. The number of guanidine groups is 1. The highest BCUT2D eigenvalue weighted by Crippen LogP contribution is 2.27. The first-order valence-electron chi connectivity index (χ1n) is 6.11. The number of rotatable bonds is 3. The van der Waals surface area contributed by atoms with E-state index in [9.17, 15) is 0 Å². The fourth-order valence-electron chi connectivity index (χ4n) is 2.72. The van der Waals surface area contributed by atoms with Crippen LogP contribution >= 0.6 is 0 Å². The molecule has 0 aromatic heterocycles. The van der Waals surface area contributed by atoms with Crippen LogP contribution in [0, 0.1) is 0 Å². The lowest BCUT2D eigenvalue weighted by Gasteiger charge is -2.21. The van der Waals surface area contributed by atoms with Crippen LogP contribution in [0.5, 0.6) is 0 Å². The minimum atomic E-state index is 0.535. The smallest absolute Gasteiger partial charge is 0.188 e. The van der Waals surface area contributed by atoms with Crippen LogP contribution in [0.1, 0.15) is 32.6 Å². The molecule has 0 amide bonds. The standard InChI is InChI=1S/C11H22N4/c1-2-6-13-11(12)14-9-5-8-15-7-3-4-10(9)15/h9-10H,2-8H2,1H3,(H3,12,13,14). The lowest BCUT2D eigenvalue weighted by atomic mass is 10.1. The Morgan fingerprint density at radius 2 is 2.33 bits per heavy atom. The van der Waals surface area contributed by atoms with Gasteiger partial charge in [0, 0.05) is 25.2 Å². The molecule has 4 nitrogen and oxygen atoms in total. The van der Waals surface area contributed by atoms with E-state index in [0.29, 0.717) is 18.0 Å². The zero-order valence-electron chi connectivity index (χ0n) is 9.58. The molecule has 0 radical (unpaired) electrons. The van der Waals surface area contributed by atoms with E-state index in [1.165, 1.54) is 32.4 Å². The first-order valence-corrected chi connectivity index (χ1v) is 6.11. The Labute approximate surface area is 91.9 Å². The van der Waals surface area contributed by atoms with Crippen molar-refractivity contribution in [2.75, 3.05) is 19.6 Å². The molecule has 0 bridgehead atoms. The van der Waals surface area contributed by atoms with Crippen LogP contribution < -0.4 is 11.1 Å². The monoisotopic (exact) mass is 210 g/mol. The van der Waals surface area contributed by atoms with Gasteiger partial charge in [-0.05, 0) is 32.2 Å². The molecule has 0 saturated carbocycles. The summed E-state index contributed by atoms with van der Waals surface area (Å²) < 4.78 is 0. The second-order valence-electron chi connectivity index (χ2n) is 4.55. The fraction of sp³-hybridized carbons (Fsp3) is 0.909. The van der Waals surface area contributed by atoms with Gasteiger partial charge in [-0.25, -0.2) is 0 Å². The summed E-state index contributed by atoms with van der Waals surface area (Å²) in [4.78, 5) is 6.86. The lowest BCUT2D eigenvalue weighted by molar-refractivity contribution is 0.308.